The number of aryl methyl sites for hydroxylation is 1. The van der Waals surface area contributed by atoms with Crippen molar-refractivity contribution in [3.05, 3.63) is 35.1 Å². The van der Waals surface area contributed by atoms with Crippen LogP contribution < -0.4 is 5.32 Å². The van der Waals surface area contributed by atoms with Crippen LogP contribution in [0.2, 0.25) is 0 Å². The number of hydrogen-bond acceptors (Lipinski definition) is 2. The zero-order chi connectivity index (χ0) is 12.7. The lowest BCUT2D eigenvalue weighted by molar-refractivity contribution is 0.0777. The molecule has 0 unspecified atom stereocenters. The lowest BCUT2D eigenvalue weighted by Crippen LogP contribution is -2.32. The molecule has 4 heteroatoms. The maximum Gasteiger partial charge on any atom is 0.256 e. The van der Waals surface area contributed by atoms with Crippen molar-refractivity contribution in [2.45, 2.75) is 6.92 Å². The number of carbonyl (C=O) groups is 1. The fraction of sp³-hybridized carbons (Fsp3) is 0.500. The Morgan fingerprint density at radius 3 is 2.61 bits per heavy atom. The SMILES string of the molecule is Cc1ccc(C(=O)N2C[C@H]3CNC[C@H]3C2)c(F)c1. The summed E-state index contributed by atoms with van der Waals surface area (Å²) >= 11 is 0. The predicted octanol–water partition coefficient (Wildman–Crippen LogP) is 1.43. The van der Waals surface area contributed by atoms with Crippen LogP contribution in [-0.2, 0) is 0 Å². The molecule has 2 heterocycles. The zero-order valence-corrected chi connectivity index (χ0v) is 10.4. The Hall–Kier alpha value is -1.42. The smallest absolute Gasteiger partial charge is 0.256 e. The molecule has 2 saturated heterocycles. The van der Waals surface area contributed by atoms with Crippen LogP contribution in [0.4, 0.5) is 4.39 Å². The average Bonchev–Trinajstić information content (AvgIpc) is 2.87. The monoisotopic (exact) mass is 248 g/mol. The predicted molar refractivity (Wildman–Crippen MR) is 66.9 cm³/mol. The van der Waals surface area contributed by atoms with Gasteiger partial charge in [0.15, 0.2) is 0 Å². The molecule has 0 aliphatic carbocycles. The van der Waals surface area contributed by atoms with Crippen molar-refractivity contribution in [1.29, 1.82) is 0 Å². The van der Waals surface area contributed by atoms with Crippen LogP contribution in [0.3, 0.4) is 0 Å². The van der Waals surface area contributed by atoms with Gasteiger partial charge in [0, 0.05) is 26.2 Å². The molecular weight excluding hydrogens is 231 g/mol. The number of rotatable bonds is 1. The van der Waals surface area contributed by atoms with Crippen LogP contribution in [0.25, 0.3) is 0 Å². The molecule has 0 aromatic heterocycles. The number of nitrogens with zero attached hydrogens (tertiary/aromatic N) is 1. The summed E-state index contributed by atoms with van der Waals surface area (Å²) in [4.78, 5) is 14.1. The molecule has 2 aliphatic heterocycles. The number of nitrogens with one attached hydrogen (secondary N) is 1. The van der Waals surface area contributed by atoms with Gasteiger partial charge in [0.1, 0.15) is 5.82 Å². The van der Waals surface area contributed by atoms with E-state index in [2.05, 4.69) is 5.32 Å². The van der Waals surface area contributed by atoms with Gasteiger partial charge in [-0.25, -0.2) is 4.39 Å². The topological polar surface area (TPSA) is 32.3 Å². The van der Waals surface area contributed by atoms with Crippen LogP contribution in [-0.4, -0.2) is 37.0 Å². The van der Waals surface area contributed by atoms with Gasteiger partial charge in [0.25, 0.3) is 5.91 Å². The van der Waals surface area contributed by atoms with Crippen LogP contribution in [0.15, 0.2) is 18.2 Å². The second-order valence-electron chi connectivity index (χ2n) is 5.37. The Morgan fingerprint density at radius 1 is 1.33 bits per heavy atom. The van der Waals surface area contributed by atoms with E-state index in [1.807, 2.05) is 6.92 Å². The average molecular weight is 248 g/mol. The molecule has 1 N–H and O–H groups in total. The van der Waals surface area contributed by atoms with Crippen molar-refractivity contribution >= 4 is 5.91 Å². The van der Waals surface area contributed by atoms with Gasteiger partial charge >= 0.3 is 0 Å². The molecule has 96 valence electrons. The molecule has 1 aromatic rings. The van der Waals surface area contributed by atoms with E-state index >= 15 is 0 Å². The van der Waals surface area contributed by atoms with Crippen molar-refractivity contribution in [1.82, 2.24) is 10.2 Å². The first kappa shape index (κ1) is 11.7. The Bertz CT molecular complexity index is 477. The third-order valence-electron chi connectivity index (χ3n) is 4.03. The first-order chi connectivity index (χ1) is 8.65. The summed E-state index contributed by atoms with van der Waals surface area (Å²) in [5.74, 6) is 0.516. The highest BCUT2D eigenvalue weighted by atomic mass is 19.1. The normalized spacial score (nSPS) is 26.4. The zero-order valence-electron chi connectivity index (χ0n) is 10.4. The number of likely N-dealkylation sites (tertiary alicyclic amines) is 1. The number of amides is 1. The fourth-order valence-electron chi connectivity index (χ4n) is 2.99. The number of halogens is 1. The second kappa shape index (κ2) is 4.35. The number of benzene rings is 1. The molecule has 0 bridgehead atoms. The van der Waals surface area contributed by atoms with E-state index in [-0.39, 0.29) is 11.5 Å². The van der Waals surface area contributed by atoms with Crippen LogP contribution in [0, 0.1) is 24.6 Å². The maximum absolute atomic E-state index is 13.8. The van der Waals surface area contributed by atoms with Crippen LogP contribution in [0.1, 0.15) is 15.9 Å². The second-order valence-corrected chi connectivity index (χ2v) is 5.37. The van der Waals surface area contributed by atoms with E-state index in [0.717, 1.165) is 31.7 Å². The molecule has 18 heavy (non-hydrogen) atoms. The molecule has 0 saturated carbocycles. The first-order valence-electron chi connectivity index (χ1n) is 6.41. The van der Waals surface area contributed by atoms with Crippen molar-refractivity contribution in [2.75, 3.05) is 26.2 Å². The summed E-state index contributed by atoms with van der Waals surface area (Å²) in [7, 11) is 0. The number of carbonyl (C=O) groups excluding carboxylic acids is 1. The van der Waals surface area contributed by atoms with Gasteiger partial charge in [-0.1, -0.05) is 6.07 Å². The summed E-state index contributed by atoms with van der Waals surface area (Å²) in [5.41, 5.74) is 1.04. The molecule has 3 rings (SSSR count). The Morgan fingerprint density at radius 2 is 2.00 bits per heavy atom. The summed E-state index contributed by atoms with van der Waals surface area (Å²) in [6.45, 7) is 5.28. The first-order valence-corrected chi connectivity index (χ1v) is 6.41. The van der Waals surface area contributed by atoms with Crippen molar-refractivity contribution in [3.8, 4) is 0 Å². The number of hydrogen-bond donors (Lipinski definition) is 1. The molecule has 1 aromatic carbocycles. The van der Waals surface area contributed by atoms with Gasteiger partial charge in [0.2, 0.25) is 0 Å². The minimum atomic E-state index is -0.407. The van der Waals surface area contributed by atoms with Gasteiger partial charge in [-0.15, -0.1) is 0 Å². The largest absolute Gasteiger partial charge is 0.338 e. The quantitative estimate of drug-likeness (QED) is 0.815. The van der Waals surface area contributed by atoms with Gasteiger partial charge in [-0.3, -0.25) is 4.79 Å². The molecule has 3 nitrogen and oxygen atoms in total. The fourth-order valence-corrected chi connectivity index (χ4v) is 2.99. The highest BCUT2D eigenvalue weighted by Crippen LogP contribution is 2.27. The van der Waals surface area contributed by atoms with Gasteiger partial charge in [-0.2, -0.15) is 0 Å². The van der Waals surface area contributed by atoms with E-state index in [0.29, 0.717) is 11.8 Å². The van der Waals surface area contributed by atoms with E-state index in [4.69, 9.17) is 0 Å². The van der Waals surface area contributed by atoms with E-state index < -0.39 is 5.82 Å². The van der Waals surface area contributed by atoms with Gasteiger partial charge < -0.3 is 10.2 Å². The van der Waals surface area contributed by atoms with Crippen molar-refractivity contribution < 1.29 is 9.18 Å². The molecule has 0 spiro atoms. The maximum atomic E-state index is 13.8. The molecular formula is C14H17FN2O. The summed E-state index contributed by atoms with van der Waals surface area (Å²) in [6.07, 6.45) is 0. The Kier molecular flexibility index (Phi) is 2.82. The van der Waals surface area contributed by atoms with Gasteiger partial charge in [0.05, 0.1) is 5.56 Å². The molecule has 2 atom stereocenters. The van der Waals surface area contributed by atoms with Crippen molar-refractivity contribution in [3.63, 3.8) is 0 Å². The minimum Gasteiger partial charge on any atom is -0.338 e. The molecule has 2 fully saturated rings. The molecule has 0 radical (unpaired) electrons. The standard InChI is InChI=1S/C14H17FN2O/c1-9-2-3-12(13(15)4-9)14(18)17-7-10-5-16-6-11(10)8-17/h2-4,10-11,16H,5-8H2,1H3/t10-,11+. The number of fused-ring (bicyclic) bond motifs is 1. The lowest BCUT2D eigenvalue weighted by atomic mass is 10.0. The van der Waals surface area contributed by atoms with Crippen molar-refractivity contribution in [2.24, 2.45) is 11.8 Å². The summed E-state index contributed by atoms with van der Waals surface area (Å²) < 4.78 is 13.8. The third kappa shape index (κ3) is 1.90. The van der Waals surface area contributed by atoms with E-state index in [9.17, 15) is 9.18 Å². The highest BCUT2D eigenvalue weighted by molar-refractivity contribution is 5.94. The van der Waals surface area contributed by atoms with E-state index in [1.165, 1.54) is 6.07 Å². The van der Waals surface area contributed by atoms with Crippen LogP contribution in [0.5, 0.6) is 0 Å². The third-order valence-corrected chi connectivity index (χ3v) is 4.03. The van der Waals surface area contributed by atoms with E-state index in [1.54, 1.807) is 17.0 Å². The Labute approximate surface area is 106 Å². The summed E-state index contributed by atoms with van der Waals surface area (Å²) in [6, 6.07) is 4.81. The summed E-state index contributed by atoms with van der Waals surface area (Å²) in [5, 5.41) is 3.33. The molecule has 1 amide bonds. The minimum absolute atomic E-state index is 0.165. The van der Waals surface area contributed by atoms with Gasteiger partial charge in [-0.05, 0) is 36.5 Å². The molecule has 2 aliphatic rings. The highest BCUT2D eigenvalue weighted by Gasteiger charge is 2.38. The lowest BCUT2D eigenvalue weighted by Gasteiger charge is -2.18. The van der Waals surface area contributed by atoms with Crippen LogP contribution >= 0.6 is 0 Å². The Balaban J connectivity index is 1.79.